The fraction of sp³-hybridized carbons (Fsp3) is 0.450. The number of anilines is 2. The van der Waals surface area contributed by atoms with E-state index in [1.165, 1.54) is 37.8 Å². The Morgan fingerprint density at radius 1 is 0.941 bits per heavy atom. The highest BCUT2D eigenvalue weighted by Crippen LogP contribution is 2.61. The highest BCUT2D eigenvalue weighted by Gasteiger charge is 2.54. The summed E-state index contributed by atoms with van der Waals surface area (Å²) in [6, 6.07) is 18.1. The van der Waals surface area contributed by atoms with E-state index in [0.29, 0.717) is 23.6 Å². The third kappa shape index (κ3) is 7.31. The molecule has 2 aromatic carbocycles. The molecule has 2 aromatic heterocycles. The van der Waals surface area contributed by atoms with Gasteiger partial charge in [-0.2, -0.15) is 4.98 Å². The van der Waals surface area contributed by atoms with E-state index < -0.39 is 16.1 Å². The van der Waals surface area contributed by atoms with Crippen molar-refractivity contribution in [2.45, 2.75) is 97.2 Å². The number of carbonyl (C=O) groups excluding carboxylic acids is 1. The van der Waals surface area contributed by atoms with Crippen LogP contribution in [0.1, 0.15) is 85.6 Å². The number of nitrogens with one attached hydrogen (secondary N) is 1. The summed E-state index contributed by atoms with van der Waals surface area (Å²) < 4.78 is 36.6. The van der Waals surface area contributed by atoms with Crippen molar-refractivity contribution in [3.63, 3.8) is 0 Å². The molecule has 7 rings (SSSR count). The number of ether oxygens (including phenoxy) is 1. The molecule has 1 spiro atoms. The molecule has 4 bridgehead atoms. The zero-order valence-electron chi connectivity index (χ0n) is 30.7. The minimum Gasteiger partial charge on any atom is -0.475 e. The Kier molecular flexibility index (Phi) is 8.84. The summed E-state index contributed by atoms with van der Waals surface area (Å²) in [5.74, 6) is 0.701. The highest BCUT2D eigenvalue weighted by molar-refractivity contribution is 7.92. The third-order valence-electron chi connectivity index (χ3n) is 10.7. The number of carbonyl (C=O) groups is 1. The Morgan fingerprint density at radius 2 is 1.65 bits per heavy atom. The van der Waals surface area contributed by atoms with Crippen molar-refractivity contribution in [3.8, 4) is 17.1 Å². The molecule has 10 nitrogen and oxygen atoms in total. The lowest BCUT2D eigenvalue weighted by atomic mass is 9.76. The molecule has 3 heterocycles. The zero-order chi connectivity index (χ0) is 36.3. The number of fused-ring (bicyclic) bond motifs is 4. The number of hydrogen-bond donors (Lipinski definition) is 1. The predicted octanol–water partition coefficient (Wildman–Crippen LogP) is 7.48. The van der Waals surface area contributed by atoms with Gasteiger partial charge in [0.1, 0.15) is 12.4 Å². The summed E-state index contributed by atoms with van der Waals surface area (Å²) >= 11 is 0. The van der Waals surface area contributed by atoms with E-state index in [2.05, 4.69) is 59.5 Å². The normalized spacial score (nSPS) is 19.5. The van der Waals surface area contributed by atoms with Crippen LogP contribution in [0.2, 0.25) is 0 Å². The monoisotopic (exact) mass is 708 g/mol. The Labute approximate surface area is 301 Å². The predicted molar refractivity (Wildman–Crippen MR) is 199 cm³/mol. The second kappa shape index (κ2) is 12.9. The van der Waals surface area contributed by atoms with E-state index >= 15 is 0 Å². The van der Waals surface area contributed by atoms with Gasteiger partial charge in [-0.05, 0) is 105 Å². The lowest BCUT2D eigenvalue weighted by Crippen LogP contribution is -2.46. The molecule has 2 saturated carbocycles. The van der Waals surface area contributed by atoms with Crippen molar-refractivity contribution in [1.82, 2.24) is 19.9 Å². The van der Waals surface area contributed by atoms with Crippen LogP contribution in [-0.2, 0) is 16.6 Å². The maximum Gasteiger partial charge on any atom is 0.264 e. The van der Waals surface area contributed by atoms with Crippen molar-refractivity contribution in [1.29, 1.82) is 0 Å². The number of aromatic nitrogens is 3. The van der Waals surface area contributed by atoms with Gasteiger partial charge in [-0.1, -0.05) is 51.1 Å². The first-order valence-electron chi connectivity index (χ1n) is 17.8. The number of amides is 1. The second-order valence-corrected chi connectivity index (χ2v) is 17.8. The molecule has 0 radical (unpaired) electrons. The average Bonchev–Trinajstić information content (AvgIpc) is 3.86. The lowest BCUT2D eigenvalue weighted by molar-refractivity contribution is 0.0509. The van der Waals surface area contributed by atoms with Crippen molar-refractivity contribution in [2.24, 2.45) is 10.8 Å². The van der Waals surface area contributed by atoms with Crippen LogP contribution >= 0.6 is 0 Å². The Morgan fingerprint density at radius 3 is 2.33 bits per heavy atom. The molecular formula is C40H48N6O4S. The van der Waals surface area contributed by atoms with E-state index in [1.807, 2.05) is 39.0 Å². The Balaban J connectivity index is 1.31. The summed E-state index contributed by atoms with van der Waals surface area (Å²) in [5.41, 5.74) is 5.81. The molecule has 2 aliphatic carbocycles. The van der Waals surface area contributed by atoms with Crippen LogP contribution in [0.25, 0.3) is 11.3 Å². The molecule has 51 heavy (non-hydrogen) atoms. The Hall–Kier alpha value is -4.51. The number of sulfonamides is 1. The van der Waals surface area contributed by atoms with Gasteiger partial charge in [0, 0.05) is 30.3 Å². The fourth-order valence-electron chi connectivity index (χ4n) is 7.61. The van der Waals surface area contributed by atoms with Crippen LogP contribution in [0.5, 0.6) is 5.88 Å². The number of rotatable bonds is 6. The number of pyridine rings is 1. The smallest absolute Gasteiger partial charge is 0.264 e. The number of hydrogen-bond acceptors (Lipinski definition) is 8. The van der Waals surface area contributed by atoms with Crippen LogP contribution < -0.4 is 14.4 Å². The van der Waals surface area contributed by atoms with Gasteiger partial charge in [0.2, 0.25) is 11.8 Å². The van der Waals surface area contributed by atoms with E-state index in [1.54, 1.807) is 23.1 Å². The lowest BCUT2D eigenvalue weighted by Gasteiger charge is -2.42. The molecule has 1 atom stereocenters. The van der Waals surface area contributed by atoms with E-state index in [4.69, 9.17) is 9.72 Å². The molecule has 4 aromatic rings. The van der Waals surface area contributed by atoms with Gasteiger partial charge in [-0.25, -0.2) is 23.1 Å². The number of nitrogens with zero attached hydrogens (tertiary/aromatic N) is 5. The molecule has 0 unspecified atom stereocenters. The van der Waals surface area contributed by atoms with Crippen LogP contribution in [0.15, 0.2) is 65.6 Å². The zero-order valence-corrected chi connectivity index (χ0v) is 31.5. The minimum atomic E-state index is -4.17. The molecule has 2 fully saturated rings. The first-order chi connectivity index (χ1) is 24.1. The standard InChI is InChI=1S/C40H48N6O4S/c1-25-14-15-34(45(7)29-21-40(22-29)16-17-40)41-33(25)23-46-30(20-39(4,5)6)24-50-35-19-32(36-26(2)10-8-11-27(36)3)42-38(43-35)44-51(48,49)31-13-9-12-28(18-31)37(46)47/h8-15,18-19,29-30H,16-17,20-24H2,1-7H3,(H,42,43,44)/t30-/m1/s1. The first-order valence-corrected chi connectivity index (χ1v) is 19.3. The minimum absolute atomic E-state index is 0.0599. The van der Waals surface area contributed by atoms with E-state index in [9.17, 15) is 13.2 Å². The van der Waals surface area contributed by atoms with E-state index in [0.717, 1.165) is 33.8 Å². The third-order valence-corrected chi connectivity index (χ3v) is 12.1. The second-order valence-electron chi connectivity index (χ2n) is 16.1. The van der Waals surface area contributed by atoms with Gasteiger partial charge in [0.05, 0.1) is 28.9 Å². The van der Waals surface area contributed by atoms with Crippen LogP contribution in [0, 0.1) is 31.6 Å². The highest BCUT2D eigenvalue weighted by atomic mass is 32.2. The molecule has 0 saturated heterocycles. The van der Waals surface area contributed by atoms with Crippen LogP contribution in [0.3, 0.4) is 0 Å². The average molecular weight is 709 g/mol. The van der Waals surface area contributed by atoms with Crippen LogP contribution in [-0.4, -0.2) is 59.9 Å². The maximum absolute atomic E-state index is 14.7. The van der Waals surface area contributed by atoms with Gasteiger partial charge < -0.3 is 14.5 Å². The molecule has 3 aliphatic rings. The summed E-state index contributed by atoms with van der Waals surface area (Å²) in [6.45, 7) is 12.8. The van der Waals surface area contributed by atoms with E-state index in [-0.39, 0.29) is 46.8 Å². The molecule has 1 aliphatic heterocycles. The number of benzene rings is 2. The summed E-state index contributed by atoms with van der Waals surface area (Å²) in [6.07, 6.45) is 5.68. The molecule has 268 valence electrons. The summed E-state index contributed by atoms with van der Waals surface area (Å²) in [4.78, 5) is 33.0. The van der Waals surface area contributed by atoms with Crippen molar-refractivity contribution < 1.29 is 17.9 Å². The molecule has 1 N–H and O–H groups in total. The van der Waals surface area contributed by atoms with Gasteiger partial charge in [-0.15, -0.1) is 0 Å². The van der Waals surface area contributed by atoms with Gasteiger partial charge in [0.15, 0.2) is 0 Å². The molecule has 1 amide bonds. The quantitative estimate of drug-likeness (QED) is 0.219. The Bertz CT molecular complexity index is 2080. The van der Waals surface area contributed by atoms with Crippen molar-refractivity contribution in [2.75, 3.05) is 23.3 Å². The number of aryl methyl sites for hydroxylation is 3. The largest absolute Gasteiger partial charge is 0.475 e. The van der Waals surface area contributed by atoms with Crippen molar-refractivity contribution in [3.05, 3.63) is 88.6 Å². The SMILES string of the molecule is Cc1ccc(N(C)C2CC3(CC3)C2)nc1CN1C(=O)c2cccc(c2)S(=O)(=O)Nc2nc(cc(-c3c(C)cccc3C)n2)OC[C@H]1CC(C)(C)C. The van der Waals surface area contributed by atoms with Gasteiger partial charge in [0.25, 0.3) is 15.9 Å². The maximum atomic E-state index is 14.7. The van der Waals surface area contributed by atoms with Gasteiger partial charge >= 0.3 is 0 Å². The van der Waals surface area contributed by atoms with Crippen LogP contribution in [0.4, 0.5) is 11.8 Å². The topological polar surface area (TPSA) is 118 Å². The first kappa shape index (κ1) is 34.9. The fourth-order valence-corrected chi connectivity index (χ4v) is 8.60. The molecule has 11 heteroatoms. The summed E-state index contributed by atoms with van der Waals surface area (Å²) in [7, 11) is -2.05. The van der Waals surface area contributed by atoms with Crippen molar-refractivity contribution >= 4 is 27.7 Å². The van der Waals surface area contributed by atoms with Gasteiger partial charge in [-0.3, -0.25) is 4.79 Å². The summed E-state index contributed by atoms with van der Waals surface area (Å²) in [5, 5.41) is 0. The molecular weight excluding hydrogens is 661 g/mol.